The highest BCUT2D eigenvalue weighted by molar-refractivity contribution is 9.09. The molecule has 15 heavy (non-hydrogen) atoms. The molecule has 0 N–H and O–H groups in total. The van der Waals surface area contributed by atoms with Gasteiger partial charge in [0.05, 0.1) is 0 Å². The van der Waals surface area contributed by atoms with E-state index < -0.39 is 0 Å². The fourth-order valence-corrected chi connectivity index (χ4v) is 3.45. The molecule has 1 atom stereocenters. The molecule has 0 radical (unpaired) electrons. The van der Waals surface area contributed by atoms with E-state index in [9.17, 15) is 0 Å². The highest BCUT2D eigenvalue weighted by atomic mass is 79.9. The highest BCUT2D eigenvalue weighted by Gasteiger charge is 2.19. The van der Waals surface area contributed by atoms with Crippen LogP contribution in [0.1, 0.15) is 37.6 Å². The van der Waals surface area contributed by atoms with E-state index in [4.69, 9.17) is 23.2 Å². The zero-order valence-electron chi connectivity index (χ0n) is 9.15. The summed E-state index contributed by atoms with van der Waals surface area (Å²) in [5.74, 6) is 0. The highest BCUT2D eigenvalue weighted by Crippen LogP contribution is 2.39. The van der Waals surface area contributed by atoms with Crippen LogP contribution in [0.5, 0.6) is 0 Å². The topological polar surface area (TPSA) is 0 Å². The molecule has 0 heterocycles. The molecule has 0 nitrogen and oxygen atoms in total. The molecule has 1 aromatic rings. The largest absolute Gasteiger partial charge is 0.0843 e. The van der Waals surface area contributed by atoms with Crippen molar-refractivity contribution in [2.24, 2.45) is 5.41 Å². The molecule has 0 saturated heterocycles. The van der Waals surface area contributed by atoms with Crippen LogP contribution in [0.15, 0.2) is 18.2 Å². The molecule has 1 rings (SSSR count). The molecule has 84 valence electrons. The minimum Gasteiger partial charge on any atom is -0.0843 e. The van der Waals surface area contributed by atoms with E-state index in [1.165, 1.54) is 0 Å². The quantitative estimate of drug-likeness (QED) is 0.600. The van der Waals surface area contributed by atoms with Crippen LogP contribution in [0.2, 0.25) is 10.0 Å². The van der Waals surface area contributed by atoms with Gasteiger partial charge in [-0.2, -0.15) is 0 Å². The first kappa shape index (κ1) is 13.3. The van der Waals surface area contributed by atoms with Crippen molar-refractivity contribution in [2.75, 3.05) is 0 Å². The molecule has 0 saturated carbocycles. The van der Waals surface area contributed by atoms with Crippen molar-refractivity contribution in [1.29, 1.82) is 0 Å². The van der Waals surface area contributed by atoms with Crippen LogP contribution in [0.3, 0.4) is 0 Å². The third kappa shape index (κ3) is 4.34. The Labute approximate surface area is 110 Å². The van der Waals surface area contributed by atoms with Gasteiger partial charge >= 0.3 is 0 Å². The Kier molecular flexibility index (Phi) is 4.51. The van der Waals surface area contributed by atoms with Gasteiger partial charge in [0.1, 0.15) is 0 Å². The molecule has 0 aliphatic carbocycles. The summed E-state index contributed by atoms with van der Waals surface area (Å²) in [6, 6.07) is 5.64. The minimum absolute atomic E-state index is 0.275. The predicted octanol–water partition coefficient (Wildman–Crippen LogP) is 5.87. The lowest BCUT2D eigenvalue weighted by Gasteiger charge is -2.23. The van der Waals surface area contributed by atoms with Gasteiger partial charge in [-0.15, -0.1) is 0 Å². The Bertz CT molecular complexity index is 342. The van der Waals surface area contributed by atoms with Gasteiger partial charge < -0.3 is 0 Å². The van der Waals surface area contributed by atoms with Crippen LogP contribution >= 0.6 is 39.1 Å². The summed E-state index contributed by atoms with van der Waals surface area (Å²) in [5, 5.41) is 1.41. The number of alkyl halides is 1. The average molecular weight is 310 g/mol. The summed E-state index contributed by atoms with van der Waals surface area (Å²) >= 11 is 15.7. The molecule has 0 fully saturated rings. The van der Waals surface area contributed by atoms with Crippen LogP contribution < -0.4 is 0 Å². The molecular formula is C12H15BrCl2. The Morgan fingerprint density at radius 2 is 1.87 bits per heavy atom. The van der Waals surface area contributed by atoms with Crippen molar-refractivity contribution in [3.8, 4) is 0 Å². The standard InChI is InChI=1S/C12H15BrCl2/c1-12(2,3)7-10(13)9-5-4-8(14)6-11(9)15/h4-6,10H,7H2,1-3H3. The van der Waals surface area contributed by atoms with Gasteiger partial charge in [-0.1, -0.05) is 66.0 Å². The number of hydrogen-bond acceptors (Lipinski definition) is 0. The summed E-state index contributed by atoms with van der Waals surface area (Å²) in [4.78, 5) is 0.280. The first-order valence-corrected chi connectivity index (χ1v) is 6.56. The van der Waals surface area contributed by atoms with E-state index in [1.807, 2.05) is 12.1 Å². The van der Waals surface area contributed by atoms with E-state index in [-0.39, 0.29) is 10.2 Å². The summed E-state index contributed by atoms with van der Waals surface area (Å²) in [7, 11) is 0. The van der Waals surface area contributed by atoms with Gasteiger partial charge in [0.2, 0.25) is 0 Å². The van der Waals surface area contributed by atoms with Gasteiger partial charge in [0.25, 0.3) is 0 Å². The van der Waals surface area contributed by atoms with Gasteiger partial charge in [-0.05, 0) is 29.5 Å². The van der Waals surface area contributed by atoms with Gasteiger partial charge in [-0.25, -0.2) is 0 Å². The lowest BCUT2D eigenvalue weighted by Crippen LogP contribution is -2.08. The maximum Gasteiger partial charge on any atom is 0.0464 e. The maximum atomic E-state index is 6.14. The van der Waals surface area contributed by atoms with E-state index in [0.29, 0.717) is 5.02 Å². The zero-order valence-corrected chi connectivity index (χ0v) is 12.2. The molecule has 0 bridgehead atoms. The first-order chi connectivity index (χ1) is 6.79. The second-order valence-electron chi connectivity index (χ2n) is 4.90. The predicted molar refractivity (Wildman–Crippen MR) is 72.2 cm³/mol. The summed E-state index contributed by atoms with van der Waals surface area (Å²) in [6.07, 6.45) is 1.04. The normalized spacial score (nSPS) is 14.0. The third-order valence-electron chi connectivity index (χ3n) is 2.09. The Morgan fingerprint density at radius 1 is 1.27 bits per heavy atom. The Hall–Kier alpha value is 0.280. The van der Waals surface area contributed by atoms with Crippen molar-refractivity contribution in [2.45, 2.75) is 32.0 Å². The van der Waals surface area contributed by atoms with Crippen molar-refractivity contribution in [3.05, 3.63) is 33.8 Å². The van der Waals surface area contributed by atoms with E-state index in [0.717, 1.165) is 17.0 Å². The van der Waals surface area contributed by atoms with Crippen LogP contribution in [0, 0.1) is 5.41 Å². The first-order valence-electron chi connectivity index (χ1n) is 4.88. The molecule has 1 aromatic carbocycles. The van der Waals surface area contributed by atoms with E-state index in [2.05, 4.69) is 36.7 Å². The van der Waals surface area contributed by atoms with Crippen molar-refractivity contribution in [1.82, 2.24) is 0 Å². The third-order valence-corrected chi connectivity index (χ3v) is 3.47. The van der Waals surface area contributed by atoms with Crippen LogP contribution in [0.4, 0.5) is 0 Å². The number of halogens is 3. The van der Waals surface area contributed by atoms with Gasteiger partial charge in [-0.3, -0.25) is 0 Å². The summed E-state index contributed by atoms with van der Waals surface area (Å²) in [5.41, 5.74) is 1.38. The number of benzene rings is 1. The fraction of sp³-hybridized carbons (Fsp3) is 0.500. The Balaban J connectivity index is 2.87. The van der Waals surface area contributed by atoms with Crippen LogP contribution in [-0.2, 0) is 0 Å². The number of hydrogen-bond donors (Lipinski definition) is 0. The van der Waals surface area contributed by atoms with Gasteiger partial charge in [0, 0.05) is 14.9 Å². The smallest absolute Gasteiger partial charge is 0.0464 e. The molecule has 0 aromatic heterocycles. The van der Waals surface area contributed by atoms with E-state index >= 15 is 0 Å². The lowest BCUT2D eigenvalue weighted by atomic mass is 9.88. The maximum absolute atomic E-state index is 6.14. The molecule has 0 aliphatic rings. The van der Waals surface area contributed by atoms with Crippen LogP contribution in [-0.4, -0.2) is 0 Å². The Morgan fingerprint density at radius 3 is 2.33 bits per heavy atom. The number of rotatable bonds is 2. The fourth-order valence-electron chi connectivity index (χ4n) is 1.40. The molecule has 3 heteroatoms. The van der Waals surface area contributed by atoms with Crippen molar-refractivity contribution < 1.29 is 0 Å². The minimum atomic E-state index is 0.275. The second-order valence-corrected chi connectivity index (χ2v) is 6.85. The molecule has 0 amide bonds. The van der Waals surface area contributed by atoms with E-state index in [1.54, 1.807) is 6.07 Å². The summed E-state index contributed by atoms with van der Waals surface area (Å²) < 4.78 is 0. The monoisotopic (exact) mass is 308 g/mol. The molecule has 0 spiro atoms. The average Bonchev–Trinajstić information content (AvgIpc) is 1.99. The SMILES string of the molecule is CC(C)(C)CC(Br)c1ccc(Cl)cc1Cl. The molecule has 0 aliphatic heterocycles. The van der Waals surface area contributed by atoms with Gasteiger partial charge in [0.15, 0.2) is 0 Å². The van der Waals surface area contributed by atoms with Crippen molar-refractivity contribution in [3.63, 3.8) is 0 Å². The molecule has 1 unspecified atom stereocenters. The summed E-state index contributed by atoms with van der Waals surface area (Å²) in [6.45, 7) is 6.64. The van der Waals surface area contributed by atoms with Crippen LogP contribution in [0.25, 0.3) is 0 Å². The second kappa shape index (κ2) is 5.07. The van der Waals surface area contributed by atoms with Crippen molar-refractivity contribution >= 4 is 39.1 Å². The molecular weight excluding hydrogens is 295 g/mol. The lowest BCUT2D eigenvalue weighted by molar-refractivity contribution is 0.377. The zero-order chi connectivity index (χ0) is 11.6.